The number of hydrogen-bond donors (Lipinski definition) is 2. The van der Waals surface area contributed by atoms with Gasteiger partial charge >= 0.3 is 0 Å². The van der Waals surface area contributed by atoms with Gasteiger partial charge in [0.25, 0.3) is 0 Å². The number of hydrogen-bond acceptors (Lipinski definition) is 5. The second-order valence-corrected chi connectivity index (χ2v) is 7.03. The van der Waals surface area contributed by atoms with Gasteiger partial charge in [0.15, 0.2) is 0 Å². The van der Waals surface area contributed by atoms with Crippen molar-refractivity contribution < 1.29 is 14.6 Å². The molecular formula is C16H24N2O3S. The van der Waals surface area contributed by atoms with Gasteiger partial charge in [-0.3, -0.25) is 4.79 Å². The van der Waals surface area contributed by atoms with E-state index in [0.717, 1.165) is 30.8 Å². The van der Waals surface area contributed by atoms with Crippen molar-refractivity contribution in [2.45, 2.75) is 31.4 Å². The molecular weight excluding hydrogens is 300 g/mol. The van der Waals surface area contributed by atoms with Crippen LogP contribution in [0.3, 0.4) is 0 Å². The van der Waals surface area contributed by atoms with E-state index in [4.69, 9.17) is 4.74 Å². The molecule has 2 N–H and O–H groups in total. The molecule has 0 aromatic carbocycles. The molecule has 22 heavy (non-hydrogen) atoms. The maximum absolute atomic E-state index is 12.8. The van der Waals surface area contributed by atoms with Crippen molar-refractivity contribution in [1.82, 2.24) is 10.2 Å². The lowest BCUT2D eigenvalue weighted by molar-refractivity contribution is -0.146. The number of nitrogens with one attached hydrogen (secondary N) is 1. The summed E-state index contributed by atoms with van der Waals surface area (Å²) in [4.78, 5) is 15.7. The van der Waals surface area contributed by atoms with E-state index in [2.05, 4.69) is 5.32 Å². The van der Waals surface area contributed by atoms with Crippen molar-refractivity contribution in [3.63, 3.8) is 0 Å². The van der Waals surface area contributed by atoms with Crippen LogP contribution in [-0.2, 0) is 9.53 Å². The van der Waals surface area contributed by atoms with Gasteiger partial charge in [-0.2, -0.15) is 0 Å². The standard InChI is InChI=1S/C16H24N2O3S/c19-14(15-2-1-9-22-15)10-13-11-21-8-7-18(13)16(20)12-3-5-17-6-4-12/h1-2,9,12-14,17,19H,3-8,10-11H2. The number of carbonyl (C=O) groups is 1. The first-order valence-corrected chi connectivity index (χ1v) is 8.94. The monoisotopic (exact) mass is 324 g/mol. The third-order valence-electron chi connectivity index (χ3n) is 4.57. The maximum Gasteiger partial charge on any atom is 0.226 e. The average molecular weight is 324 g/mol. The summed E-state index contributed by atoms with van der Waals surface area (Å²) in [6.45, 7) is 3.61. The average Bonchev–Trinajstić information content (AvgIpc) is 3.10. The Morgan fingerprint density at radius 2 is 2.32 bits per heavy atom. The third-order valence-corrected chi connectivity index (χ3v) is 5.54. The van der Waals surface area contributed by atoms with Crippen molar-refractivity contribution in [3.8, 4) is 0 Å². The molecule has 1 aromatic rings. The van der Waals surface area contributed by atoms with Crippen LogP contribution in [0.25, 0.3) is 0 Å². The van der Waals surface area contributed by atoms with E-state index in [1.54, 1.807) is 11.3 Å². The van der Waals surface area contributed by atoms with Gasteiger partial charge in [0, 0.05) is 23.8 Å². The summed E-state index contributed by atoms with van der Waals surface area (Å²) in [7, 11) is 0. The summed E-state index contributed by atoms with van der Waals surface area (Å²) in [5.74, 6) is 0.369. The highest BCUT2D eigenvalue weighted by atomic mass is 32.1. The van der Waals surface area contributed by atoms with Crippen molar-refractivity contribution >= 4 is 17.2 Å². The van der Waals surface area contributed by atoms with Crippen LogP contribution in [0.2, 0.25) is 0 Å². The fraction of sp³-hybridized carbons (Fsp3) is 0.688. The molecule has 3 rings (SSSR count). The topological polar surface area (TPSA) is 61.8 Å². The fourth-order valence-electron chi connectivity index (χ4n) is 3.30. The Morgan fingerprint density at radius 1 is 1.50 bits per heavy atom. The van der Waals surface area contributed by atoms with Gasteiger partial charge in [0.2, 0.25) is 5.91 Å². The zero-order valence-corrected chi connectivity index (χ0v) is 13.6. The number of aliphatic hydroxyl groups excluding tert-OH is 1. The lowest BCUT2D eigenvalue weighted by atomic mass is 9.94. The predicted octanol–water partition coefficient (Wildman–Crippen LogP) is 1.40. The third kappa shape index (κ3) is 3.68. The second-order valence-electron chi connectivity index (χ2n) is 6.05. The Balaban J connectivity index is 1.64. The van der Waals surface area contributed by atoms with Crippen LogP contribution in [0.4, 0.5) is 0 Å². The number of rotatable bonds is 4. The van der Waals surface area contributed by atoms with Crippen molar-refractivity contribution in [2.75, 3.05) is 32.8 Å². The van der Waals surface area contributed by atoms with Crippen LogP contribution in [-0.4, -0.2) is 54.8 Å². The molecule has 2 atom stereocenters. The van der Waals surface area contributed by atoms with E-state index in [1.165, 1.54) is 0 Å². The highest BCUT2D eigenvalue weighted by molar-refractivity contribution is 7.10. The summed E-state index contributed by atoms with van der Waals surface area (Å²) in [6, 6.07) is 3.87. The number of nitrogens with zero attached hydrogens (tertiary/aromatic N) is 1. The summed E-state index contributed by atoms with van der Waals surface area (Å²) < 4.78 is 5.55. The van der Waals surface area contributed by atoms with Crippen LogP contribution in [0.15, 0.2) is 17.5 Å². The minimum Gasteiger partial charge on any atom is -0.387 e. The van der Waals surface area contributed by atoms with Crippen molar-refractivity contribution in [1.29, 1.82) is 0 Å². The van der Waals surface area contributed by atoms with Gasteiger partial charge in [-0.25, -0.2) is 0 Å². The molecule has 2 aliphatic rings. The lowest BCUT2D eigenvalue weighted by Crippen LogP contribution is -2.52. The summed E-state index contributed by atoms with van der Waals surface area (Å²) in [6.07, 6.45) is 1.86. The van der Waals surface area contributed by atoms with Crippen LogP contribution < -0.4 is 5.32 Å². The van der Waals surface area contributed by atoms with Crippen LogP contribution in [0, 0.1) is 5.92 Å². The molecule has 6 heteroatoms. The van der Waals surface area contributed by atoms with Gasteiger partial charge in [-0.15, -0.1) is 11.3 Å². The van der Waals surface area contributed by atoms with Crippen molar-refractivity contribution in [2.24, 2.45) is 5.92 Å². The normalized spacial score (nSPS) is 25.1. The summed E-state index contributed by atoms with van der Waals surface area (Å²) in [5.41, 5.74) is 0. The number of ether oxygens (including phenoxy) is 1. The summed E-state index contributed by atoms with van der Waals surface area (Å²) >= 11 is 1.55. The quantitative estimate of drug-likeness (QED) is 0.879. The molecule has 2 aliphatic heterocycles. The maximum atomic E-state index is 12.8. The van der Waals surface area contributed by atoms with Crippen LogP contribution >= 0.6 is 11.3 Å². The van der Waals surface area contributed by atoms with Gasteiger partial charge in [0.1, 0.15) is 0 Å². The minimum absolute atomic E-state index is 0.0202. The molecule has 122 valence electrons. The SMILES string of the molecule is O=C(C1CCNCC1)N1CCOCC1CC(O)c1cccs1. The first kappa shape index (κ1) is 15.9. The lowest BCUT2D eigenvalue weighted by Gasteiger charge is -2.39. The molecule has 0 aliphatic carbocycles. The Morgan fingerprint density at radius 3 is 3.05 bits per heavy atom. The molecule has 0 radical (unpaired) electrons. The van der Waals surface area contributed by atoms with E-state index < -0.39 is 6.10 Å². The number of amides is 1. The number of piperidine rings is 1. The predicted molar refractivity (Wildman–Crippen MR) is 85.8 cm³/mol. The highest BCUT2D eigenvalue weighted by Crippen LogP contribution is 2.27. The molecule has 1 amide bonds. The number of carbonyl (C=O) groups excluding carboxylic acids is 1. The van der Waals surface area contributed by atoms with Crippen LogP contribution in [0.5, 0.6) is 0 Å². The van der Waals surface area contributed by atoms with Gasteiger partial charge < -0.3 is 20.1 Å². The smallest absolute Gasteiger partial charge is 0.226 e. The highest BCUT2D eigenvalue weighted by Gasteiger charge is 2.33. The zero-order chi connectivity index (χ0) is 15.4. The number of thiophene rings is 1. The fourth-order valence-corrected chi connectivity index (χ4v) is 4.02. The Bertz CT molecular complexity index is 474. The van der Waals surface area contributed by atoms with Gasteiger partial charge in [-0.05, 0) is 37.4 Å². The Hall–Kier alpha value is -0.950. The molecule has 0 spiro atoms. The van der Waals surface area contributed by atoms with Gasteiger partial charge in [0.05, 0.1) is 25.4 Å². The van der Waals surface area contributed by atoms with E-state index in [-0.39, 0.29) is 17.9 Å². The molecule has 0 saturated carbocycles. The molecule has 5 nitrogen and oxygen atoms in total. The molecule has 0 bridgehead atoms. The van der Waals surface area contributed by atoms with E-state index in [0.29, 0.717) is 26.2 Å². The molecule has 2 fully saturated rings. The molecule has 1 aromatic heterocycles. The molecule has 3 heterocycles. The second kappa shape index (κ2) is 7.55. The number of aliphatic hydroxyl groups is 1. The minimum atomic E-state index is -0.518. The van der Waals surface area contributed by atoms with E-state index in [9.17, 15) is 9.90 Å². The number of morpholine rings is 1. The Labute approximate surface area is 135 Å². The van der Waals surface area contributed by atoms with Crippen molar-refractivity contribution in [3.05, 3.63) is 22.4 Å². The van der Waals surface area contributed by atoms with E-state index >= 15 is 0 Å². The largest absolute Gasteiger partial charge is 0.387 e. The molecule has 2 saturated heterocycles. The zero-order valence-electron chi connectivity index (χ0n) is 12.7. The Kier molecular flexibility index (Phi) is 5.46. The van der Waals surface area contributed by atoms with Crippen LogP contribution in [0.1, 0.15) is 30.2 Å². The summed E-state index contributed by atoms with van der Waals surface area (Å²) in [5, 5.41) is 15.6. The first-order chi connectivity index (χ1) is 10.8. The molecule has 2 unspecified atom stereocenters. The van der Waals surface area contributed by atoms with Gasteiger partial charge in [-0.1, -0.05) is 6.07 Å². The first-order valence-electron chi connectivity index (χ1n) is 8.06. The van der Waals surface area contributed by atoms with E-state index in [1.807, 2.05) is 22.4 Å².